The SMILES string of the molecule is CC1(C)CC(OC2(C(=O)O)CC=CCC2C(=O)O)CC(C)(C)N1. The maximum absolute atomic E-state index is 11.9. The normalized spacial score (nSPS) is 33.3. The lowest BCUT2D eigenvalue weighted by molar-refractivity contribution is -0.199. The number of rotatable bonds is 4. The molecular formula is C17H27NO5. The van der Waals surface area contributed by atoms with Gasteiger partial charge in [-0.1, -0.05) is 12.2 Å². The van der Waals surface area contributed by atoms with Crippen LogP contribution in [0.2, 0.25) is 0 Å². The Hall–Kier alpha value is -1.40. The summed E-state index contributed by atoms with van der Waals surface area (Å²) in [7, 11) is 0. The van der Waals surface area contributed by atoms with Crippen molar-refractivity contribution < 1.29 is 24.5 Å². The second-order valence-electron chi connectivity index (χ2n) is 8.04. The number of aliphatic carboxylic acids is 2. The minimum atomic E-state index is -1.69. The van der Waals surface area contributed by atoms with Crippen molar-refractivity contribution in [2.75, 3.05) is 0 Å². The molecule has 0 bridgehead atoms. The molecule has 3 N–H and O–H groups in total. The molecule has 0 radical (unpaired) electrons. The molecule has 23 heavy (non-hydrogen) atoms. The number of hydrogen-bond acceptors (Lipinski definition) is 4. The minimum absolute atomic E-state index is 0.0874. The minimum Gasteiger partial charge on any atom is -0.481 e. The Morgan fingerprint density at radius 2 is 1.65 bits per heavy atom. The summed E-state index contributed by atoms with van der Waals surface area (Å²) in [6.07, 6.45) is 4.68. The van der Waals surface area contributed by atoms with E-state index in [-0.39, 0.29) is 30.0 Å². The van der Waals surface area contributed by atoms with E-state index in [1.54, 1.807) is 12.2 Å². The first-order valence-corrected chi connectivity index (χ1v) is 8.06. The van der Waals surface area contributed by atoms with Crippen LogP contribution in [0.3, 0.4) is 0 Å². The maximum Gasteiger partial charge on any atom is 0.337 e. The highest BCUT2D eigenvalue weighted by Crippen LogP contribution is 2.39. The number of carbonyl (C=O) groups is 2. The first kappa shape index (κ1) is 17.9. The molecule has 6 heteroatoms. The number of piperidine rings is 1. The molecule has 1 aliphatic heterocycles. The summed E-state index contributed by atoms with van der Waals surface area (Å²) in [6, 6.07) is 0. The van der Waals surface area contributed by atoms with E-state index < -0.39 is 23.5 Å². The topological polar surface area (TPSA) is 95.9 Å². The van der Waals surface area contributed by atoms with Gasteiger partial charge in [-0.3, -0.25) is 4.79 Å². The van der Waals surface area contributed by atoms with Gasteiger partial charge in [0.05, 0.1) is 6.10 Å². The van der Waals surface area contributed by atoms with Crippen molar-refractivity contribution in [3.05, 3.63) is 12.2 Å². The Balaban J connectivity index is 2.30. The molecule has 0 amide bonds. The molecule has 1 fully saturated rings. The third-order valence-corrected chi connectivity index (χ3v) is 4.71. The Labute approximate surface area is 136 Å². The van der Waals surface area contributed by atoms with E-state index in [1.165, 1.54) is 0 Å². The summed E-state index contributed by atoms with van der Waals surface area (Å²) < 4.78 is 6.05. The number of allylic oxidation sites excluding steroid dienone is 1. The number of ether oxygens (including phenoxy) is 1. The number of carboxylic acids is 2. The lowest BCUT2D eigenvalue weighted by Gasteiger charge is -2.49. The smallest absolute Gasteiger partial charge is 0.337 e. The van der Waals surface area contributed by atoms with E-state index in [2.05, 4.69) is 5.32 Å². The average molecular weight is 325 g/mol. The zero-order valence-corrected chi connectivity index (χ0v) is 14.3. The lowest BCUT2D eigenvalue weighted by Crippen LogP contribution is -2.62. The summed E-state index contributed by atoms with van der Waals surface area (Å²) in [6.45, 7) is 8.20. The summed E-state index contributed by atoms with van der Waals surface area (Å²) in [5, 5.41) is 22.7. The van der Waals surface area contributed by atoms with Crippen LogP contribution < -0.4 is 5.32 Å². The zero-order valence-electron chi connectivity index (χ0n) is 14.3. The van der Waals surface area contributed by atoms with Gasteiger partial charge in [-0.25, -0.2) is 4.79 Å². The number of nitrogens with one attached hydrogen (secondary N) is 1. The molecule has 0 aromatic carbocycles. The van der Waals surface area contributed by atoms with Crippen molar-refractivity contribution in [2.45, 2.75) is 76.2 Å². The number of hydrogen-bond donors (Lipinski definition) is 3. The third-order valence-electron chi connectivity index (χ3n) is 4.71. The molecule has 0 aromatic heterocycles. The van der Waals surface area contributed by atoms with Crippen LogP contribution in [-0.2, 0) is 14.3 Å². The average Bonchev–Trinajstić information content (AvgIpc) is 2.34. The molecule has 2 aliphatic rings. The predicted molar refractivity (Wildman–Crippen MR) is 85.3 cm³/mol. The summed E-state index contributed by atoms with van der Waals surface area (Å²) >= 11 is 0. The van der Waals surface area contributed by atoms with Crippen LogP contribution in [0.25, 0.3) is 0 Å². The van der Waals surface area contributed by atoms with E-state index >= 15 is 0 Å². The van der Waals surface area contributed by atoms with Crippen molar-refractivity contribution in [1.29, 1.82) is 0 Å². The van der Waals surface area contributed by atoms with Crippen LogP contribution in [0.1, 0.15) is 53.4 Å². The standard InChI is InChI=1S/C17H27NO5/c1-15(2)9-11(10-16(3,4)18-15)23-17(14(21)22)8-6-5-7-12(17)13(19)20/h5-6,11-12,18H,7-10H2,1-4H3,(H,19,20)(H,21,22). The predicted octanol–water partition coefficient (Wildman–Crippen LogP) is 2.19. The fourth-order valence-corrected chi connectivity index (χ4v) is 4.15. The molecule has 0 saturated carbocycles. The highest BCUT2D eigenvalue weighted by Gasteiger charge is 2.53. The van der Waals surface area contributed by atoms with Crippen molar-refractivity contribution >= 4 is 11.9 Å². The van der Waals surface area contributed by atoms with Gasteiger partial charge in [0.1, 0.15) is 5.92 Å². The Bertz CT molecular complexity index is 509. The molecule has 2 unspecified atom stereocenters. The van der Waals surface area contributed by atoms with Crippen LogP contribution in [0.5, 0.6) is 0 Å². The molecule has 1 heterocycles. The van der Waals surface area contributed by atoms with Crippen LogP contribution >= 0.6 is 0 Å². The molecule has 130 valence electrons. The van der Waals surface area contributed by atoms with Crippen LogP contribution in [0.4, 0.5) is 0 Å². The molecule has 0 aromatic rings. The van der Waals surface area contributed by atoms with Crippen molar-refractivity contribution in [3.8, 4) is 0 Å². The molecule has 2 rings (SSSR count). The first-order chi connectivity index (χ1) is 10.5. The van der Waals surface area contributed by atoms with Crippen LogP contribution in [0, 0.1) is 5.92 Å². The van der Waals surface area contributed by atoms with Crippen molar-refractivity contribution in [3.63, 3.8) is 0 Å². The fraction of sp³-hybridized carbons (Fsp3) is 0.765. The Kier molecular flexibility index (Phi) is 4.61. The van der Waals surface area contributed by atoms with E-state index in [9.17, 15) is 19.8 Å². The summed E-state index contributed by atoms with van der Waals surface area (Å²) in [5.41, 5.74) is -2.08. The zero-order chi connectivity index (χ0) is 17.5. The van der Waals surface area contributed by atoms with Crippen LogP contribution in [-0.4, -0.2) is 44.9 Å². The maximum atomic E-state index is 11.9. The van der Waals surface area contributed by atoms with E-state index in [1.807, 2.05) is 27.7 Å². The monoisotopic (exact) mass is 325 g/mol. The van der Waals surface area contributed by atoms with Crippen LogP contribution in [0.15, 0.2) is 12.2 Å². The van der Waals surface area contributed by atoms with E-state index in [4.69, 9.17) is 4.74 Å². The molecule has 6 nitrogen and oxygen atoms in total. The van der Waals surface area contributed by atoms with Gasteiger partial charge in [0.25, 0.3) is 0 Å². The van der Waals surface area contributed by atoms with Gasteiger partial charge in [-0.15, -0.1) is 0 Å². The second kappa shape index (κ2) is 5.91. The summed E-state index contributed by atoms with van der Waals surface area (Å²) in [5.74, 6) is -3.38. The second-order valence-corrected chi connectivity index (χ2v) is 8.04. The van der Waals surface area contributed by atoms with Gasteiger partial charge in [-0.05, 0) is 47.0 Å². The van der Waals surface area contributed by atoms with Gasteiger partial charge < -0.3 is 20.3 Å². The first-order valence-electron chi connectivity index (χ1n) is 8.06. The van der Waals surface area contributed by atoms with Gasteiger partial charge in [-0.2, -0.15) is 0 Å². The van der Waals surface area contributed by atoms with Crippen molar-refractivity contribution in [1.82, 2.24) is 5.32 Å². The Morgan fingerprint density at radius 3 is 2.13 bits per heavy atom. The summed E-state index contributed by atoms with van der Waals surface area (Å²) in [4.78, 5) is 23.5. The van der Waals surface area contributed by atoms with Gasteiger partial charge in [0.15, 0.2) is 5.60 Å². The molecule has 1 aliphatic carbocycles. The van der Waals surface area contributed by atoms with Gasteiger partial charge in [0.2, 0.25) is 0 Å². The quantitative estimate of drug-likeness (QED) is 0.686. The molecular weight excluding hydrogens is 298 g/mol. The van der Waals surface area contributed by atoms with Gasteiger partial charge >= 0.3 is 11.9 Å². The Morgan fingerprint density at radius 1 is 1.09 bits per heavy atom. The third kappa shape index (κ3) is 3.75. The lowest BCUT2D eigenvalue weighted by atomic mass is 9.76. The fourth-order valence-electron chi connectivity index (χ4n) is 4.15. The molecule has 2 atom stereocenters. The van der Waals surface area contributed by atoms with E-state index in [0.717, 1.165) is 0 Å². The van der Waals surface area contributed by atoms with Gasteiger partial charge in [0, 0.05) is 17.5 Å². The molecule has 0 spiro atoms. The van der Waals surface area contributed by atoms with Crippen molar-refractivity contribution in [2.24, 2.45) is 5.92 Å². The highest BCUT2D eigenvalue weighted by molar-refractivity contribution is 5.86. The van der Waals surface area contributed by atoms with E-state index in [0.29, 0.717) is 12.8 Å². The largest absolute Gasteiger partial charge is 0.481 e. The molecule has 1 saturated heterocycles. The number of carboxylic acid groups (broad SMARTS) is 2. The highest BCUT2D eigenvalue weighted by atomic mass is 16.5.